The van der Waals surface area contributed by atoms with E-state index in [0.29, 0.717) is 32.7 Å². The lowest BCUT2D eigenvalue weighted by molar-refractivity contribution is 0.259. The van der Waals surface area contributed by atoms with Crippen molar-refractivity contribution in [2.24, 2.45) is 5.92 Å². The number of nitrogens with zero attached hydrogens (tertiary/aromatic N) is 3. The van der Waals surface area contributed by atoms with Gasteiger partial charge in [-0.2, -0.15) is 4.98 Å². The maximum absolute atomic E-state index is 9.81. The summed E-state index contributed by atoms with van der Waals surface area (Å²) in [6, 6.07) is 7.61. The fraction of sp³-hybridized carbons (Fsp3) is 0.421. The Morgan fingerprint density at radius 3 is 2.63 bits per heavy atom. The van der Waals surface area contributed by atoms with Crippen molar-refractivity contribution in [3.63, 3.8) is 0 Å². The molecule has 162 valence electrons. The van der Waals surface area contributed by atoms with E-state index in [2.05, 4.69) is 41.1 Å². The average Bonchev–Trinajstić information content (AvgIpc) is 3.10. The van der Waals surface area contributed by atoms with Gasteiger partial charge in [-0.05, 0) is 30.9 Å². The van der Waals surface area contributed by atoms with Crippen LogP contribution in [-0.2, 0) is 0 Å². The number of fused-ring (bicyclic) bond motifs is 1. The van der Waals surface area contributed by atoms with Crippen LogP contribution in [0, 0.1) is 5.92 Å². The van der Waals surface area contributed by atoms with E-state index in [-0.39, 0.29) is 17.9 Å². The van der Waals surface area contributed by atoms with Crippen molar-refractivity contribution < 1.29 is 10.00 Å². The van der Waals surface area contributed by atoms with E-state index < -0.39 is 8.96 Å². The van der Waals surface area contributed by atoms with Gasteiger partial charge in [0, 0.05) is 10.3 Å². The quantitative estimate of drug-likeness (QED) is 0.174. The molecule has 0 aliphatic rings. The van der Waals surface area contributed by atoms with E-state index in [1.165, 1.54) is 23.1 Å². The standard InChI is InChI=1S/C19H25ClN5O2PS2/c1-10(2)8-12(9-26)21-16-15-17(24-19(30-15)25-28-27)23-18(22-16)29-11(3)13-6-4-5-7-14(13)20/h4-7,10-12,26-28H,8-9H2,1-3H3,(H2,21,22,23,24,25). The number of anilines is 2. The van der Waals surface area contributed by atoms with Crippen molar-refractivity contribution in [3.05, 3.63) is 34.9 Å². The SMILES string of the molecule is CC(C)CC(CO)Nc1nc(SC(C)c2ccccc2Cl)nc2nc(NPO)sc12. The van der Waals surface area contributed by atoms with Gasteiger partial charge in [-0.15, -0.1) is 0 Å². The Kier molecular flexibility index (Phi) is 8.51. The molecular formula is C19H25ClN5O2PS2. The van der Waals surface area contributed by atoms with Crippen molar-refractivity contribution >= 4 is 65.0 Å². The largest absolute Gasteiger partial charge is 0.394 e. The molecule has 0 aliphatic heterocycles. The lowest BCUT2D eigenvalue weighted by atomic mass is 10.0. The normalized spacial score (nSPS) is 14.0. The van der Waals surface area contributed by atoms with Gasteiger partial charge in [-0.25, -0.2) is 9.97 Å². The number of aromatic nitrogens is 3. The summed E-state index contributed by atoms with van der Waals surface area (Å²) in [5.41, 5.74) is 1.56. The predicted molar refractivity (Wildman–Crippen MR) is 129 cm³/mol. The van der Waals surface area contributed by atoms with Gasteiger partial charge in [0.25, 0.3) is 0 Å². The molecule has 2 heterocycles. The van der Waals surface area contributed by atoms with E-state index >= 15 is 0 Å². The molecule has 30 heavy (non-hydrogen) atoms. The highest BCUT2D eigenvalue weighted by Crippen LogP contribution is 2.39. The van der Waals surface area contributed by atoms with Gasteiger partial charge in [0.05, 0.1) is 12.6 Å². The van der Waals surface area contributed by atoms with Gasteiger partial charge in [-0.3, -0.25) is 0 Å². The number of thioether (sulfide) groups is 1. The number of benzene rings is 1. The molecule has 7 nitrogen and oxygen atoms in total. The Morgan fingerprint density at radius 2 is 1.97 bits per heavy atom. The van der Waals surface area contributed by atoms with Gasteiger partial charge in [0.2, 0.25) is 0 Å². The third kappa shape index (κ3) is 5.93. The van der Waals surface area contributed by atoms with E-state index in [1.54, 1.807) is 0 Å². The van der Waals surface area contributed by atoms with E-state index in [0.717, 1.165) is 16.7 Å². The molecule has 0 spiro atoms. The minimum Gasteiger partial charge on any atom is -0.394 e. The lowest BCUT2D eigenvalue weighted by Gasteiger charge is -2.19. The summed E-state index contributed by atoms with van der Waals surface area (Å²) < 4.78 is 0.785. The summed E-state index contributed by atoms with van der Waals surface area (Å²) in [7, 11) is -0.448. The molecule has 0 radical (unpaired) electrons. The Balaban J connectivity index is 1.95. The second kappa shape index (κ2) is 10.9. The van der Waals surface area contributed by atoms with Crippen molar-refractivity contribution in [1.29, 1.82) is 0 Å². The van der Waals surface area contributed by atoms with Crippen LogP contribution in [0.4, 0.5) is 10.9 Å². The van der Waals surface area contributed by atoms with E-state index in [9.17, 15) is 10.00 Å². The first-order chi connectivity index (χ1) is 14.4. The van der Waals surface area contributed by atoms with Gasteiger partial charge in [-0.1, -0.05) is 66.7 Å². The molecule has 0 saturated carbocycles. The van der Waals surface area contributed by atoms with Crippen LogP contribution in [-0.4, -0.2) is 37.6 Å². The number of hydrogen-bond donors (Lipinski definition) is 4. The third-order valence-corrected chi connectivity index (χ3v) is 7.18. The minimum absolute atomic E-state index is 0.00408. The summed E-state index contributed by atoms with van der Waals surface area (Å²) in [5.74, 6) is 1.07. The molecule has 2 aromatic heterocycles. The number of aliphatic hydroxyl groups is 1. The van der Waals surface area contributed by atoms with Crippen LogP contribution in [0.25, 0.3) is 10.3 Å². The van der Waals surface area contributed by atoms with Gasteiger partial charge in [0.1, 0.15) is 13.7 Å². The van der Waals surface area contributed by atoms with Crippen LogP contribution in [0.5, 0.6) is 0 Å². The topological polar surface area (TPSA) is 103 Å². The monoisotopic (exact) mass is 485 g/mol. The average molecular weight is 486 g/mol. The Labute approximate surface area is 191 Å². The molecule has 3 aromatic rings. The van der Waals surface area contributed by atoms with Crippen LogP contribution in [0.2, 0.25) is 5.02 Å². The fourth-order valence-corrected chi connectivity index (χ4v) is 5.52. The Bertz CT molecular complexity index is 991. The van der Waals surface area contributed by atoms with Gasteiger partial charge < -0.3 is 20.4 Å². The first-order valence-electron chi connectivity index (χ1n) is 9.53. The number of nitrogens with one attached hydrogen (secondary N) is 2. The Hall–Kier alpha value is -1.22. The molecule has 0 fully saturated rings. The fourth-order valence-electron chi connectivity index (χ4n) is 3.02. The third-order valence-electron chi connectivity index (χ3n) is 4.34. The van der Waals surface area contributed by atoms with Crippen LogP contribution < -0.4 is 10.4 Å². The van der Waals surface area contributed by atoms with Crippen LogP contribution in [0.3, 0.4) is 0 Å². The van der Waals surface area contributed by atoms with Crippen molar-refractivity contribution in [2.45, 2.75) is 43.6 Å². The van der Waals surface area contributed by atoms with Crippen molar-refractivity contribution in [2.75, 3.05) is 17.0 Å². The van der Waals surface area contributed by atoms with E-state index in [4.69, 9.17) is 16.6 Å². The number of aliphatic hydroxyl groups excluding tert-OH is 1. The first-order valence-corrected chi connectivity index (χ1v) is 12.6. The number of rotatable bonds is 10. The zero-order chi connectivity index (χ0) is 21.7. The van der Waals surface area contributed by atoms with Crippen LogP contribution in [0.1, 0.15) is 38.0 Å². The minimum atomic E-state index is -0.448. The summed E-state index contributed by atoms with van der Waals surface area (Å²) in [4.78, 5) is 23.0. The summed E-state index contributed by atoms with van der Waals surface area (Å²) in [6.07, 6.45) is 0.808. The molecule has 3 unspecified atom stereocenters. The molecule has 0 aliphatic carbocycles. The predicted octanol–water partition coefficient (Wildman–Crippen LogP) is 5.32. The van der Waals surface area contributed by atoms with Gasteiger partial charge in [0.15, 0.2) is 21.8 Å². The summed E-state index contributed by atoms with van der Waals surface area (Å²) in [6.45, 7) is 6.29. The van der Waals surface area contributed by atoms with Crippen LogP contribution in [0.15, 0.2) is 29.4 Å². The summed E-state index contributed by atoms with van der Waals surface area (Å²) in [5, 5.41) is 17.9. The number of halogens is 1. The maximum atomic E-state index is 9.81. The van der Waals surface area contributed by atoms with E-state index in [1.807, 2.05) is 24.3 Å². The molecule has 4 N–H and O–H groups in total. The van der Waals surface area contributed by atoms with Crippen molar-refractivity contribution in [3.8, 4) is 0 Å². The summed E-state index contributed by atoms with van der Waals surface area (Å²) >= 11 is 9.22. The number of thiazole rings is 1. The highest BCUT2D eigenvalue weighted by Gasteiger charge is 2.20. The van der Waals surface area contributed by atoms with Crippen molar-refractivity contribution in [1.82, 2.24) is 15.0 Å². The van der Waals surface area contributed by atoms with Gasteiger partial charge >= 0.3 is 0 Å². The van der Waals surface area contributed by atoms with Crippen LogP contribution >= 0.6 is 43.7 Å². The second-order valence-electron chi connectivity index (χ2n) is 7.20. The molecule has 0 saturated heterocycles. The molecular weight excluding hydrogens is 461 g/mol. The molecule has 3 rings (SSSR count). The molecule has 11 heteroatoms. The molecule has 0 bridgehead atoms. The lowest BCUT2D eigenvalue weighted by Crippen LogP contribution is -2.26. The molecule has 1 aromatic carbocycles. The maximum Gasteiger partial charge on any atom is 0.192 e. The second-order valence-corrected chi connectivity index (χ2v) is 10.4. The molecule has 0 amide bonds. The zero-order valence-corrected chi connectivity index (χ0v) is 20.3. The smallest absolute Gasteiger partial charge is 0.192 e. The first kappa shape index (κ1) is 23.4. The highest BCUT2D eigenvalue weighted by atomic mass is 35.5. The zero-order valence-electron chi connectivity index (χ0n) is 16.9. The molecule has 3 atom stereocenters. The highest BCUT2D eigenvalue weighted by molar-refractivity contribution is 7.99. The Morgan fingerprint density at radius 1 is 1.20 bits per heavy atom. The number of hydrogen-bond acceptors (Lipinski definition) is 9.